The van der Waals surface area contributed by atoms with Crippen molar-refractivity contribution in [2.45, 2.75) is 23.9 Å². The van der Waals surface area contributed by atoms with Crippen molar-refractivity contribution in [2.75, 3.05) is 29.6 Å². The van der Waals surface area contributed by atoms with Crippen LogP contribution in [0.25, 0.3) is 0 Å². The summed E-state index contributed by atoms with van der Waals surface area (Å²) in [7, 11) is 0. The average molecular weight is 288 g/mol. The van der Waals surface area contributed by atoms with Crippen molar-refractivity contribution in [1.29, 1.82) is 0 Å². The van der Waals surface area contributed by atoms with Crippen LogP contribution in [0.3, 0.4) is 0 Å². The molecule has 0 heterocycles. The molecule has 0 amide bonds. The molecule has 7 heteroatoms. The van der Waals surface area contributed by atoms with E-state index < -0.39 is 17.0 Å². The summed E-state index contributed by atoms with van der Waals surface area (Å²) in [6.45, 7) is 1.75. The Morgan fingerprint density at radius 2 is 1.50 bits per heavy atom. The summed E-state index contributed by atoms with van der Waals surface area (Å²) < 4.78 is 0. The van der Waals surface area contributed by atoms with Crippen molar-refractivity contribution in [3.8, 4) is 0 Å². The smallest absolute Gasteiger partial charge is 0.108 e. The minimum Gasteiger partial charge on any atom is -0.396 e. The quantitative estimate of drug-likeness (QED) is 0.427. The third-order valence-corrected chi connectivity index (χ3v) is 5.17. The van der Waals surface area contributed by atoms with E-state index >= 15 is 0 Å². The van der Waals surface area contributed by atoms with E-state index in [1.165, 1.54) is 35.3 Å². The summed E-state index contributed by atoms with van der Waals surface area (Å²) in [5, 5.41) is 36.5. The SMILES string of the molecule is CC(O)CSC(O)CSCC(O)SCCO. The zero-order valence-corrected chi connectivity index (χ0v) is 11.7. The van der Waals surface area contributed by atoms with Crippen LogP contribution in [-0.4, -0.2) is 67.0 Å². The first-order chi connectivity index (χ1) is 7.56. The number of hydrogen-bond acceptors (Lipinski definition) is 7. The second-order valence-electron chi connectivity index (χ2n) is 3.22. The fourth-order valence-electron chi connectivity index (χ4n) is 0.805. The maximum Gasteiger partial charge on any atom is 0.108 e. The first kappa shape index (κ1) is 16.9. The van der Waals surface area contributed by atoms with Crippen molar-refractivity contribution >= 4 is 35.3 Å². The molecular formula is C9H20O4S3. The van der Waals surface area contributed by atoms with Gasteiger partial charge in [-0.2, -0.15) is 11.8 Å². The zero-order chi connectivity index (χ0) is 12.4. The molecule has 4 N–H and O–H groups in total. The molecule has 0 rings (SSSR count). The molecule has 0 saturated carbocycles. The Morgan fingerprint density at radius 3 is 2.00 bits per heavy atom. The first-order valence-corrected chi connectivity index (χ1v) is 8.27. The maximum atomic E-state index is 9.49. The van der Waals surface area contributed by atoms with E-state index in [4.69, 9.17) is 10.2 Å². The maximum absolute atomic E-state index is 9.49. The summed E-state index contributed by atoms with van der Waals surface area (Å²) in [6, 6.07) is 0. The van der Waals surface area contributed by atoms with Gasteiger partial charge in [0.1, 0.15) is 10.9 Å². The van der Waals surface area contributed by atoms with E-state index in [1.54, 1.807) is 6.92 Å². The van der Waals surface area contributed by atoms with Crippen molar-refractivity contribution in [3.05, 3.63) is 0 Å². The van der Waals surface area contributed by atoms with E-state index in [1.807, 2.05) is 0 Å². The van der Waals surface area contributed by atoms with Crippen LogP contribution < -0.4 is 0 Å². The van der Waals surface area contributed by atoms with Gasteiger partial charge < -0.3 is 20.4 Å². The lowest BCUT2D eigenvalue weighted by atomic mass is 10.5. The molecule has 16 heavy (non-hydrogen) atoms. The second kappa shape index (κ2) is 11.0. The molecule has 3 unspecified atom stereocenters. The van der Waals surface area contributed by atoms with Crippen molar-refractivity contribution in [2.24, 2.45) is 0 Å². The van der Waals surface area contributed by atoms with Gasteiger partial charge in [-0.3, -0.25) is 0 Å². The Hall–Kier alpha value is 0.890. The van der Waals surface area contributed by atoms with E-state index in [-0.39, 0.29) is 6.61 Å². The molecule has 0 radical (unpaired) electrons. The highest BCUT2D eigenvalue weighted by Gasteiger charge is 2.09. The zero-order valence-electron chi connectivity index (χ0n) is 9.28. The number of aliphatic hydroxyl groups is 4. The van der Waals surface area contributed by atoms with Gasteiger partial charge in [-0.1, -0.05) is 0 Å². The van der Waals surface area contributed by atoms with Gasteiger partial charge in [-0.15, -0.1) is 23.5 Å². The van der Waals surface area contributed by atoms with E-state index in [9.17, 15) is 10.2 Å². The molecule has 0 saturated heterocycles. The Bertz CT molecular complexity index is 160. The fraction of sp³-hybridized carbons (Fsp3) is 1.00. The average Bonchev–Trinajstić information content (AvgIpc) is 2.23. The van der Waals surface area contributed by atoms with Gasteiger partial charge in [0.15, 0.2) is 0 Å². The van der Waals surface area contributed by atoms with Crippen LogP contribution in [0.5, 0.6) is 0 Å². The topological polar surface area (TPSA) is 80.9 Å². The van der Waals surface area contributed by atoms with Gasteiger partial charge in [0, 0.05) is 23.0 Å². The monoisotopic (exact) mass is 288 g/mol. The normalized spacial score (nSPS) is 17.1. The molecule has 3 atom stereocenters. The Kier molecular flexibility index (Phi) is 11.6. The minimum atomic E-state index is -0.505. The molecule has 0 fully saturated rings. The molecule has 0 spiro atoms. The minimum absolute atomic E-state index is 0.0687. The standard InChI is InChI=1S/C9H20O4S3/c1-7(11)4-16-9(13)6-14-5-8(12)15-3-2-10/h7-13H,2-6H2,1H3. The van der Waals surface area contributed by atoms with E-state index in [2.05, 4.69) is 0 Å². The van der Waals surface area contributed by atoms with E-state index in [0.29, 0.717) is 23.0 Å². The first-order valence-electron chi connectivity index (χ1n) is 5.02. The number of aliphatic hydroxyl groups excluding tert-OH is 4. The van der Waals surface area contributed by atoms with Gasteiger partial charge in [0.25, 0.3) is 0 Å². The summed E-state index contributed by atoms with van der Waals surface area (Å²) >= 11 is 4.08. The van der Waals surface area contributed by atoms with Gasteiger partial charge in [0.2, 0.25) is 0 Å². The molecule has 0 aromatic rings. The predicted octanol–water partition coefficient (Wildman–Crippen LogP) is 0.196. The van der Waals surface area contributed by atoms with E-state index in [0.717, 1.165) is 0 Å². The second-order valence-corrected chi connectivity index (χ2v) is 6.79. The Balaban J connectivity index is 3.35. The lowest BCUT2D eigenvalue weighted by Gasteiger charge is -2.13. The highest BCUT2D eigenvalue weighted by Crippen LogP contribution is 2.18. The number of hydrogen-bond donors (Lipinski definition) is 4. The molecule has 0 aromatic heterocycles. The number of rotatable bonds is 10. The summed E-state index contributed by atoms with van der Waals surface area (Å²) in [4.78, 5) is 0. The van der Waals surface area contributed by atoms with Crippen LogP contribution in [0, 0.1) is 0 Å². The molecule has 0 aliphatic carbocycles. The molecule has 4 nitrogen and oxygen atoms in total. The summed E-state index contributed by atoms with van der Waals surface area (Å²) in [6.07, 6.45) is -0.407. The lowest BCUT2D eigenvalue weighted by molar-refractivity contribution is 0.218. The highest BCUT2D eigenvalue weighted by molar-refractivity contribution is 8.04. The van der Waals surface area contributed by atoms with Crippen LogP contribution in [-0.2, 0) is 0 Å². The van der Waals surface area contributed by atoms with Crippen LogP contribution in [0.4, 0.5) is 0 Å². The van der Waals surface area contributed by atoms with Crippen LogP contribution in [0.15, 0.2) is 0 Å². The molecular weight excluding hydrogens is 268 g/mol. The summed E-state index contributed by atoms with van der Waals surface area (Å²) in [5.41, 5.74) is -0.999. The highest BCUT2D eigenvalue weighted by atomic mass is 32.2. The summed E-state index contributed by atoms with van der Waals surface area (Å²) in [5.74, 6) is 2.12. The predicted molar refractivity (Wildman–Crippen MR) is 73.0 cm³/mol. The number of thioether (sulfide) groups is 3. The van der Waals surface area contributed by atoms with Gasteiger partial charge in [-0.05, 0) is 6.92 Å². The molecule has 0 aliphatic rings. The molecule has 0 aliphatic heterocycles. The van der Waals surface area contributed by atoms with Crippen molar-refractivity contribution in [3.63, 3.8) is 0 Å². The van der Waals surface area contributed by atoms with Gasteiger partial charge >= 0.3 is 0 Å². The third-order valence-electron chi connectivity index (χ3n) is 1.45. The Labute approximate surface area is 109 Å². The molecule has 98 valence electrons. The Morgan fingerprint density at radius 1 is 0.938 bits per heavy atom. The van der Waals surface area contributed by atoms with Crippen LogP contribution in [0.2, 0.25) is 0 Å². The molecule has 0 bridgehead atoms. The van der Waals surface area contributed by atoms with Crippen LogP contribution >= 0.6 is 35.3 Å². The van der Waals surface area contributed by atoms with Crippen LogP contribution in [0.1, 0.15) is 6.92 Å². The lowest BCUT2D eigenvalue weighted by Crippen LogP contribution is -2.13. The third kappa shape index (κ3) is 11.4. The van der Waals surface area contributed by atoms with Crippen molar-refractivity contribution < 1.29 is 20.4 Å². The largest absolute Gasteiger partial charge is 0.396 e. The van der Waals surface area contributed by atoms with Gasteiger partial charge in [0.05, 0.1) is 12.7 Å². The molecule has 0 aromatic carbocycles. The fourth-order valence-corrected chi connectivity index (χ4v) is 3.57. The van der Waals surface area contributed by atoms with Gasteiger partial charge in [-0.25, -0.2) is 0 Å². The van der Waals surface area contributed by atoms with Crippen molar-refractivity contribution in [1.82, 2.24) is 0 Å².